The van der Waals surface area contributed by atoms with Crippen molar-refractivity contribution in [1.29, 1.82) is 0 Å². The van der Waals surface area contributed by atoms with E-state index in [9.17, 15) is 9.59 Å². The monoisotopic (exact) mass is 431 g/mol. The van der Waals surface area contributed by atoms with E-state index in [1.807, 2.05) is 49.4 Å². The fraction of sp³-hybridized carbons (Fsp3) is 0.300. The number of aryl methyl sites for hydroxylation is 1. The number of hydrogen-bond acceptors (Lipinski definition) is 3. The van der Waals surface area contributed by atoms with Gasteiger partial charge in [0.1, 0.15) is 5.75 Å². The first-order valence-electron chi connectivity index (χ1n) is 8.79. The van der Waals surface area contributed by atoms with Crippen LogP contribution >= 0.6 is 15.9 Å². The summed E-state index contributed by atoms with van der Waals surface area (Å²) in [6.45, 7) is 2.88. The smallest absolute Gasteiger partial charge is 0.315 e. The summed E-state index contributed by atoms with van der Waals surface area (Å²) in [5, 5.41) is 8.17. The van der Waals surface area contributed by atoms with E-state index in [1.54, 1.807) is 0 Å². The van der Waals surface area contributed by atoms with Gasteiger partial charge in [-0.1, -0.05) is 34.1 Å². The number of para-hydroxylation sites is 1. The molecule has 0 aliphatic carbocycles. The van der Waals surface area contributed by atoms with Crippen LogP contribution in [0.1, 0.15) is 11.1 Å². The van der Waals surface area contributed by atoms with E-state index >= 15 is 0 Å². The van der Waals surface area contributed by atoms with E-state index in [-0.39, 0.29) is 24.4 Å². The highest BCUT2D eigenvalue weighted by Crippen LogP contribution is 2.26. The van der Waals surface area contributed by atoms with Crippen molar-refractivity contribution in [2.45, 2.75) is 13.3 Å². The van der Waals surface area contributed by atoms with E-state index in [2.05, 4.69) is 31.9 Å². The number of halogens is 1. The van der Waals surface area contributed by atoms with Crippen LogP contribution in [0, 0.1) is 12.8 Å². The molecule has 142 valence electrons. The first-order chi connectivity index (χ1) is 13.0. The van der Waals surface area contributed by atoms with E-state index in [1.165, 1.54) is 0 Å². The lowest BCUT2D eigenvalue weighted by molar-refractivity contribution is -0.115. The van der Waals surface area contributed by atoms with Gasteiger partial charge in [0.25, 0.3) is 0 Å². The summed E-state index contributed by atoms with van der Waals surface area (Å²) in [7, 11) is 0. The first kappa shape index (κ1) is 19.2. The Kier molecular flexibility index (Phi) is 6.34. The van der Waals surface area contributed by atoms with Gasteiger partial charge < -0.3 is 20.7 Å². The van der Waals surface area contributed by atoms with E-state index in [4.69, 9.17) is 4.74 Å². The summed E-state index contributed by atoms with van der Waals surface area (Å²) in [5.74, 6) is 0.855. The summed E-state index contributed by atoms with van der Waals surface area (Å²) < 4.78 is 6.66. The van der Waals surface area contributed by atoms with Gasteiger partial charge in [-0.25, -0.2) is 4.79 Å². The molecule has 0 aromatic heterocycles. The van der Waals surface area contributed by atoms with Crippen LogP contribution in [-0.4, -0.2) is 31.6 Å². The number of hydrogen-bond donors (Lipinski definition) is 3. The van der Waals surface area contributed by atoms with Crippen molar-refractivity contribution < 1.29 is 14.3 Å². The van der Waals surface area contributed by atoms with Gasteiger partial charge in [-0.15, -0.1) is 0 Å². The van der Waals surface area contributed by atoms with Crippen LogP contribution in [0.2, 0.25) is 0 Å². The fourth-order valence-corrected chi connectivity index (χ4v) is 3.42. The molecule has 7 heteroatoms. The third-order valence-electron chi connectivity index (χ3n) is 4.38. The number of benzene rings is 2. The molecule has 1 unspecified atom stereocenters. The molecule has 0 fully saturated rings. The minimum atomic E-state index is -0.364. The van der Waals surface area contributed by atoms with Gasteiger partial charge >= 0.3 is 6.03 Å². The van der Waals surface area contributed by atoms with E-state index < -0.39 is 0 Å². The molecule has 3 rings (SSSR count). The van der Waals surface area contributed by atoms with Gasteiger partial charge in [-0.2, -0.15) is 0 Å². The van der Waals surface area contributed by atoms with Crippen molar-refractivity contribution in [2.75, 3.05) is 25.0 Å². The van der Waals surface area contributed by atoms with Gasteiger partial charge in [-0.3, -0.25) is 4.79 Å². The molecule has 1 aliphatic heterocycles. The number of ether oxygens (including phenoxy) is 1. The molecule has 3 amide bonds. The van der Waals surface area contributed by atoms with Gasteiger partial charge in [-0.05, 0) is 48.7 Å². The number of carbonyl (C=O) groups excluding carboxylic acids is 2. The number of amides is 3. The summed E-state index contributed by atoms with van der Waals surface area (Å²) in [4.78, 5) is 24.0. The second-order valence-corrected chi connectivity index (χ2v) is 7.48. The SMILES string of the molecule is Cc1cc(Br)ccc1NC(=O)CNC(=O)NCC1COc2ccccc2C1. The van der Waals surface area contributed by atoms with Crippen LogP contribution in [-0.2, 0) is 11.2 Å². The molecule has 0 bridgehead atoms. The molecule has 27 heavy (non-hydrogen) atoms. The minimum Gasteiger partial charge on any atom is -0.493 e. The van der Waals surface area contributed by atoms with Gasteiger partial charge in [0.2, 0.25) is 5.91 Å². The molecule has 0 radical (unpaired) electrons. The maximum absolute atomic E-state index is 12.0. The zero-order valence-corrected chi connectivity index (χ0v) is 16.6. The summed E-state index contributed by atoms with van der Waals surface area (Å²) >= 11 is 3.38. The number of urea groups is 1. The summed E-state index contributed by atoms with van der Waals surface area (Å²) in [6, 6.07) is 13.2. The molecule has 1 aliphatic rings. The first-order valence-corrected chi connectivity index (χ1v) is 9.59. The predicted octanol–water partition coefficient (Wildman–Crippen LogP) is 3.25. The molecule has 3 N–H and O–H groups in total. The Balaban J connectivity index is 1.39. The highest BCUT2D eigenvalue weighted by atomic mass is 79.9. The largest absolute Gasteiger partial charge is 0.493 e. The summed E-state index contributed by atoms with van der Waals surface area (Å²) in [6.07, 6.45) is 0.861. The van der Waals surface area contributed by atoms with Crippen molar-refractivity contribution in [3.8, 4) is 5.75 Å². The van der Waals surface area contributed by atoms with Crippen molar-refractivity contribution >= 4 is 33.6 Å². The van der Waals surface area contributed by atoms with Crippen LogP contribution in [0.25, 0.3) is 0 Å². The van der Waals surface area contributed by atoms with Gasteiger partial charge in [0.05, 0.1) is 13.2 Å². The maximum Gasteiger partial charge on any atom is 0.315 e. The van der Waals surface area contributed by atoms with Gasteiger partial charge in [0, 0.05) is 22.6 Å². The molecule has 1 heterocycles. The van der Waals surface area contributed by atoms with Crippen molar-refractivity contribution in [3.63, 3.8) is 0 Å². The zero-order chi connectivity index (χ0) is 19.2. The highest BCUT2D eigenvalue weighted by molar-refractivity contribution is 9.10. The van der Waals surface area contributed by atoms with Crippen LogP contribution < -0.4 is 20.7 Å². The second-order valence-electron chi connectivity index (χ2n) is 6.56. The van der Waals surface area contributed by atoms with Crippen LogP contribution in [0.3, 0.4) is 0 Å². The van der Waals surface area contributed by atoms with E-state index in [0.29, 0.717) is 13.2 Å². The third kappa shape index (κ3) is 5.47. The Morgan fingerprint density at radius 2 is 2.00 bits per heavy atom. The lowest BCUT2D eigenvalue weighted by Gasteiger charge is -2.25. The van der Waals surface area contributed by atoms with Crippen molar-refractivity contribution in [1.82, 2.24) is 10.6 Å². The van der Waals surface area contributed by atoms with Crippen LogP contribution in [0.15, 0.2) is 46.9 Å². The number of rotatable bonds is 5. The molecule has 0 saturated carbocycles. The molecule has 1 atom stereocenters. The van der Waals surface area contributed by atoms with Crippen LogP contribution in [0.4, 0.5) is 10.5 Å². The molecular weight excluding hydrogens is 410 g/mol. The quantitative estimate of drug-likeness (QED) is 0.679. The molecule has 2 aromatic rings. The second kappa shape index (κ2) is 8.90. The Hall–Kier alpha value is -2.54. The van der Waals surface area contributed by atoms with Crippen molar-refractivity contribution in [3.05, 3.63) is 58.1 Å². The average Bonchev–Trinajstić information content (AvgIpc) is 2.67. The third-order valence-corrected chi connectivity index (χ3v) is 4.87. The van der Waals surface area contributed by atoms with Gasteiger partial charge in [0.15, 0.2) is 0 Å². The zero-order valence-electron chi connectivity index (χ0n) is 15.0. The Bertz CT molecular complexity index is 841. The minimum absolute atomic E-state index is 0.0919. The Morgan fingerprint density at radius 3 is 2.81 bits per heavy atom. The topological polar surface area (TPSA) is 79.5 Å². The lowest BCUT2D eigenvalue weighted by atomic mass is 9.97. The lowest BCUT2D eigenvalue weighted by Crippen LogP contribution is -2.43. The molecule has 6 nitrogen and oxygen atoms in total. The number of anilines is 1. The molecular formula is C20H22BrN3O3. The highest BCUT2D eigenvalue weighted by Gasteiger charge is 2.20. The van der Waals surface area contributed by atoms with Crippen molar-refractivity contribution in [2.24, 2.45) is 5.92 Å². The normalized spacial score (nSPS) is 15.3. The Labute approximate surface area is 166 Å². The molecule has 0 saturated heterocycles. The number of nitrogens with one attached hydrogen (secondary N) is 3. The number of carbonyl (C=O) groups is 2. The molecule has 0 spiro atoms. The predicted molar refractivity (Wildman–Crippen MR) is 108 cm³/mol. The molecule has 2 aromatic carbocycles. The fourth-order valence-electron chi connectivity index (χ4n) is 2.94. The summed E-state index contributed by atoms with van der Waals surface area (Å²) in [5.41, 5.74) is 2.82. The average molecular weight is 432 g/mol. The maximum atomic E-state index is 12.0. The van der Waals surface area contributed by atoms with Crippen LogP contribution in [0.5, 0.6) is 5.75 Å². The van der Waals surface area contributed by atoms with E-state index in [0.717, 1.165) is 33.5 Å². The Morgan fingerprint density at radius 1 is 1.19 bits per heavy atom. The standard InChI is InChI=1S/C20H22BrN3O3/c1-13-8-16(21)6-7-17(13)24-19(25)11-23-20(26)22-10-14-9-15-4-2-3-5-18(15)27-12-14/h2-8,14H,9-12H2,1H3,(H,24,25)(H2,22,23,26). The number of fused-ring (bicyclic) bond motifs is 1.